The van der Waals surface area contributed by atoms with E-state index in [2.05, 4.69) is 17.0 Å². The lowest BCUT2D eigenvalue weighted by Crippen LogP contribution is -2.39. The Kier molecular flexibility index (Phi) is 6.39. The molecule has 1 amide bonds. The van der Waals surface area contributed by atoms with Gasteiger partial charge in [0.05, 0.1) is 4.90 Å². The number of carbonyl (C=O) groups excluding carboxylic acids is 1. The number of hydrogen-bond acceptors (Lipinski definition) is 3. The maximum atomic E-state index is 13.0. The zero-order valence-corrected chi connectivity index (χ0v) is 18.2. The number of amides is 1. The fourth-order valence-electron chi connectivity index (χ4n) is 3.47. The molecule has 0 spiro atoms. The molecule has 5 nitrogen and oxygen atoms in total. The fraction of sp³-hybridized carbons (Fsp3) is 0.208. The van der Waals surface area contributed by atoms with E-state index in [1.54, 1.807) is 13.0 Å². The van der Waals surface area contributed by atoms with Crippen LogP contribution in [-0.2, 0) is 15.4 Å². The molecular weight excluding hydrogens is 396 g/mol. The molecule has 0 unspecified atom stereocenters. The van der Waals surface area contributed by atoms with Gasteiger partial charge in [0.15, 0.2) is 0 Å². The molecule has 0 radical (unpaired) electrons. The minimum atomic E-state index is -3.63. The van der Waals surface area contributed by atoms with E-state index in [0.717, 1.165) is 11.1 Å². The minimum Gasteiger partial charge on any atom is -0.351 e. The second-order valence-corrected chi connectivity index (χ2v) is 9.32. The Morgan fingerprint density at radius 1 is 0.900 bits per heavy atom. The van der Waals surface area contributed by atoms with E-state index < -0.39 is 15.4 Å². The zero-order chi connectivity index (χ0) is 21.8. The summed E-state index contributed by atoms with van der Waals surface area (Å²) in [6.07, 6.45) is 0. The van der Waals surface area contributed by atoms with Gasteiger partial charge in [-0.25, -0.2) is 13.1 Å². The monoisotopic (exact) mass is 422 g/mol. The maximum absolute atomic E-state index is 13.0. The van der Waals surface area contributed by atoms with Crippen LogP contribution in [0.4, 0.5) is 0 Å². The Hall–Kier alpha value is -2.96. The molecule has 30 heavy (non-hydrogen) atoms. The van der Waals surface area contributed by atoms with Crippen LogP contribution in [0, 0.1) is 6.92 Å². The van der Waals surface area contributed by atoms with Crippen molar-refractivity contribution in [3.63, 3.8) is 0 Å². The van der Waals surface area contributed by atoms with Gasteiger partial charge in [-0.3, -0.25) is 4.79 Å². The van der Waals surface area contributed by atoms with Crippen molar-refractivity contribution in [3.8, 4) is 0 Å². The average molecular weight is 423 g/mol. The van der Waals surface area contributed by atoms with E-state index in [1.165, 1.54) is 19.2 Å². The molecule has 3 aromatic rings. The first-order valence-electron chi connectivity index (χ1n) is 9.71. The molecule has 0 aliphatic heterocycles. The van der Waals surface area contributed by atoms with Crippen molar-refractivity contribution < 1.29 is 13.2 Å². The maximum Gasteiger partial charge on any atom is 0.251 e. The van der Waals surface area contributed by atoms with Gasteiger partial charge in [-0.1, -0.05) is 66.7 Å². The van der Waals surface area contributed by atoms with Crippen LogP contribution < -0.4 is 10.0 Å². The summed E-state index contributed by atoms with van der Waals surface area (Å²) in [7, 11) is -2.28. The molecule has 0 saturated heterocycles. The smallest absolute Gasteiger partial charge is 0.251 e. The number of benzene rings is 3. The van der Waals surface area contributed by atoms with E-state index >= 15 is 0 Å². The van der Waals surface area contributed by atoms with E-state index in [4.69, 9.17) is 0 Å². The summed E-state index contributed by atoms with van der Waals surface area (Å²) < 4.78 is 26.5. The van der Waals surface area contributed by atoms with Crippen LogP contribution in [0.3, 0.4) is 0 Å². The third-order valence-electron chi connectivity index (χ3n) is 5.46. The highest BCUT2D eigenvalue weighted by atomic mass is 32.2. The predicted molar refractivity (Wildman–Crippen MR) is 119 cm³/mol. The van der Waals surface area contributed by atoms with E-state index in [1.807, 2.05) is 60.7 Å². The van der Waals surface area contributed by atoms with Gasteiger partial charge < -0.3 is 5.32 Å². The topological polar surface area (TPSA) is 75.3 Å². The first-order chi connectivity index (χ1) is 14.3. The molecule has 0 aromatic heterocycles. The Balaban J connectivity index is 1.92. The summed E-state index contributed by atoms with van der Waals surface area (Å²) in [5.74, 6) is -0.307. The Morgan fingerprint density at radius 3 is 1.93 bits per heavy atom. The summed E-state index contributed by atoms with van der Waals surface area (Å²) in [5.41, 5.74) is 2.78. The molecule has 6 heteroatoms. The molecule has 0 heterocycles. The number of nitrogens with one attached hydrogen (secondary N) is 2. The van der Waals surface area contributed by atoms with Crippen molar-refractivity contribution in [2.24, 2.45) is 0 Å². The molecule has 3 rings (SSSR count). The molecule has 2 N–H and O–H groups in total. The molecule has 0 fully saturated rings. The van der Waals surface area contributed by atoms with Crippen LogP contribution in [-0.4, -0.2) is 27.9 Å². The van der Waals surface area contributed by atoms with Crippen molar-refractivity contribution >= 4 is 15.9 Å². The van der Waals surface area contributed by atoms with Crippen molar-refractivity contribution in [1.29, 1.82) is 0 Å². The number of hydrogen-bond donors (Lipinski definition) is 2. The fourth-order valence-corrected chi connectivity index (χ4v) is 4.22. The van der Waals surface area contributed by atoms with Crippen LogP contribution in [0.15, 0.2) is 83.8 Å². The third-order valence-corrected chi connectivity index (χ3v) is 6.87. The summed E-state index contributed by atoms with van der Waals surface area (Å²) >= 11 is 0. The average Bonchev–Trinajstić information content (AvgIpc) is 2.78. The second-order valence-electron chi connectivity index (χ2n) is 7.43. The van der Waals surface area contributed by atoms with E-state index in [9.17, 15) is 13.2 Å². The van der Waals surface area contributed by atoms with E-state index in [-0.39, 0.29) is 10.8 Å². The summed E-state index contributed by atoms with van der Waals surface area (Å²) in [6, 6.07) is 24.6. The Bertz CT molecular complexity index is 1090. The molecule has 0 aliphatic rings. The summed E-state index contributed by atoms with van der Waals surface area (Å²) in [4.78, 5) is 13.1. The standard InChI is InChI=1S/C24H26N2O3S/c1-18-14-15-21(30(28,29)25-3)16-22(18)23(27)26-17-24(2,19-10-6-4-7-11-19)20-12-8-5-9-13-20/h4-16,25H,17H2,1-3H3,(H,26,27). The van der Waals surface area contributed by atoms with Gasteiger partial charge >= 0.3 is 0 Å². The number of aryl methyl sites for hydroxylation is 1. The Labute approximate surface area is 178 Å². The number of carbonyl (C=O) groups is 1. The first kappa shape index (κ1) is 21.7. The van der Waals surface area contributed by atoms with Gasteiger partial charge in [0.2, 0.25) is 10.0 Å². The van der Waals surface area contributed by atoms with Gasteiger partial charge in [0.25, 0.3) is 5.91 Å². The van der Waals surface area contributed by atoms with Gasteiger partial charge in [0, 0.05) is 17.5 Å². The SMILES string of the molecule is CNS(=O)(=O)c1ccc(C)c(C(=O)NCC(C)(c2ccccc2)c2ccccc2)c1. The molecular formula is C24H26N2O3S. The molecule has 156 valence electrons. The van der Waals surface area contributed by atoms with Crippen LogP contribution in [0.1, 0.15) is 34.0 Å². The predicted octanol–water partition coefficient (Wildman–Crippen LogP) is 3.64. The highest BCUT2D eigenvalue weighted by molar-refractivity contribution is 7.89. The largest absolute Gasteiger partial charge is 0.351 e. The van der Waals surface area contributed by atoms with Gasteiger partial charge in [-0.05, 0) is 49.7 Å². The van der Waals surface area contributed by atoms with Gasteiger partial charge in [-0.2, -0.15) is 0 Å². The van der Waals surface area contributed by atoms with Crippen LogP contribution in [0.25, 0.3) is 0 Å². The zero-order valence-electron chi connectivity index (χ0n) is 17.3. The molecule has 0 atom stereocenters. The van der Waals surface area contributed by atoms with Crippen molar-refractivity contribution in [3.05, 3.63) is 101 Å². The van der Waals surface area contributed by atoms with Crippen molar-refractivity contribution in [2.75, 3.05) is 13.6 Å². The number of rotatable bonds is 7. The summed E-state index contributed by atoms with van der Waals surface area (Å²) in [5, 5.41) is 3.02. The lowest BCUT2D eigenvalue weighted by atomic mass is 9.76. The molecule has 0 saturated carbocycles. The number of sulfonamides is 1. The van der Waals surface area contributed by atoms with Gasteiger partial charge in [0.1, 0.15) is 0 Å². The molecule has 0 aliphatic carbocycles. The highest BCUT2D eigenvalue weighted by Crippen LogP contribution is 2.31. The molecule has 0 bridgehead atoms. The third kappa shape index (κ3) is 4.45. The molecule has 3 aromatic carbocycles. The van der Waals surface area contributed by atoms with Crippen molar-refractivity contribution in [2.45, 2.75) is 24.2 Å². The van der Waals surface area contributed by atoms with Gasteiger partial charge in [-0.15, -0.1) is 0 Å². The quantitative estimate of drug-likeness (QED) is 0.610. The minimum absolute atomic E-state index is 0.0645. The lowest BCUT2D eigenvalue weighted by molar-refractivity contribution is 0.0946. The van der Waals surface area contributed by atoms with E-state index in [0.29, 0.717) is 17.7 Å². The Morgan fingerprint density at radius 2 is 1.43 bits per heavy atom. The van der Waals surface area contributed by atoms with Crippen LogP contribution in [0.5, 0.6) is 0 Å². The first-order valence-corrected chi connectivity index (χ1v) is 11.2. The normalized spacial score (nSPS) is 11.8. The summed E-state index contributed by atoms with van der Waals surface area (Å²) in [6.45, 7) is 4.24. The lowest BCUT2D eigenvalue weighted by Gasteiger charge is -2.31. The van der Waals surface area contributed by atoms with Crippen LogP contribution >= 0.6 is 0 Å². The van der Waals surface area contributed by atoms with Crippen LogP contribution in [0.2, 0.25) is 0 Å². The van der Waals surface area contributed by atoms with Crippen molar-refractivity contribution in [1.82, 2.24) is 10.0 Å². The highest BCUT2D eigenvalue weighted by Gasteiger charge is 2.29. The second kappa shape index (κ2) is 8.81.